The molecule has 2 atom stereocenters. The van der Waals surface area contributed by atoms with Gasteiger partial charge in [-0.3, -0.25) is 4.79 Å². The zero-order valence-electron chi connectivity index (χ0n) is 11.8. The predicted molar refractivity (Wildman–Crippen MR) is 75.1 cm³/mol. The molecule has 0 radical (unpaired) electrons. The number of carbonyl (C=O) groups is 1. The Bertz CT molecular complexity index is 406. The van der Waals surface area contributed by atoms with E-state index in [1.165, 1.54) is 0 Å². The third-order valence-electron chi connectivity index (χ3n) is 3.21. The number of carbonyl (C=O) groups excluding carboxylic acids is 1. The Morgan fingerprint density at radius 3 is 2.68 bits per heavy atom. The van der Waals surface area contributed by atoms with Crippen molar-refractivity contribution in [2.24, 2.45) is 5.92 Å². The van der Waals surface area contributed by atoms with Crippen LogP contribution in [-0.2, 0) is 4.79 Å². The Morgan fingerprint density at radius 2 is 2.05 bits per heavy atom. The standard InChI is InChI=1S/C15H23NO3/c1-11-6-4-5-7-14(11)19-9-8-15(18)16-13(3)12(2)10-17/h4-7,12-13,17H,8-10H2,1-3H3,(H,16,18). The number of nitrogens with one attached hydrogen (secondary N) is 1. The van der Waals surface area contributed by atoms with Gasteiger partial charge in [-0.2, -0.15) is 0 Å². The van der Waals surface area contributed by atoms with Gasteiger partial charge in [-0.05, 0) is 31.4 Å². The Kier molecular flexibility index (Phi) is 6.36. The first kappa shape index (κ1) is 15.5. The van der Waals surface area contributed by atoms with Gasteiger partial charge in [0.05, 0.1) is 13.0 Å². The molecule has 1 aromatic rings. The van der Waals surface area contributed by atoms with Crippen molar-refractivity contribution in [2.75, 3.05) is 13.2 Å². The van der Waals surface area contributed by atoms with E-state index in [1.807, 2.05) is 45.0 Å². The molecule has 0 spiro atoms. The monoisotopic (exact) mass is 265 g/mol. The van der Waals surface area contributed by atoms with Crippen LogP contribution in [0.25, 0.3) is 0 Å². The fourth-order valence-electron chi connectivity index (χ4n) is 1.60. The summed E-state index contributed by atoms with van der Waals surface area (Å²) in [5.74, 6) is 0.815. The van der Waals surface area contributed by atoms with Crippen LogP contribution in [0, 0.1) is 12.8 Å². The third kappa shape index (κ3) is 5.30. The lowest BCUT2D eigenvalue weighted by Gasteiger charge is -2.19. The van der Waals surface area contributed by atoms with Gasteiger partial charge in [0, 0.05) is 12.6 Å². The average Bonchev–Trinajstić information content (AvgIpc) is 2.40. The molecule has 0 aliphatic carbocycles. The molecule has 0 aromatic heterocycles. The lowest BCUT2D eigenvalue weighted by molar-refractivity contribution is -0.122. The van der Waals surface area contributed by atoms with Crippen molar-refractivity contribution >= 4 is 5.91 Å². The molecule has 4 nitrogen and oxygen atoms in total. The van der Waals surface area contributed by atoms with Gasteiger partial charge >= 0.3 is 0 Å². The maximum atomic E-state index is 11.7. The van der Waals surface area contributed by atoms with Crippen molar-refractivity contribution < 1.29 is 14.6 Å². The van der Waals surface area contributed by atoms with Crippen molar-refractivity contribution in [1.82, 2.24) is 5.32 Å². The Labute approximate surface area is 114 Å². The summed E-state index contributed by atoms with van der Waals surface area (Å²) in [5, 5.41) is 11.8. The fourth-order valence-corrected chi connectivity index (χ4v) is 1.60. The number of aryl methyl sites for hydroxylation is 1. The number of rotatable bonds is 7. The molecule has 106 valence electrons. The molecule has 0 bridgehead atoms. The molecular formula is C15H23NO3. The van der Waals surface area contributed by atoms with Crippen molar-refractivity contribution in [1.29, 1.82) is 0 Å². The smallest absolute Gasteiger partial charge is 0.223 e. The Balaban J connectivity index is 2.30. The molecule has 2 N–H and O–H groups in total. The normalized spacial score (nSPS) is 13.7. The van der Waals surface area contributed by atoms with E-state index in [0.717, 1.165) is 11.3 Å². The van der Waals surface area contributed by atoms with Gasteiger partial charge < -0.3 is 15.2 Å². The van der Waals surface area contributed by atoms with Crippen LogP contribution in [-0.4, -0.2) is 30.3 Å². The van der Waals surface area contributed by atoms with E-state index in [1.54, 1.807) is 0 Å². The van der Waals surface area contributed by atoms with Crippen LogP contribution in [0.5, 0.6) is 5.75 Å². The highest BCUT2D eigenvalue weighted by atomic mass is 16.5. The van der Waals surface area contributed by atoms with Gasteiger partial charge in [-0.1, -0.05) is 25.1 Å². The fraction of sp³-hybridized carbons (Fsp3) is 0.533. The van der Waals surface area contributed by atoms with E-state index in [2.05, 4.69) is 5.32 Å². The second kappa shape index (κ2) is 7.79. The quantitative estimate of drug-likeness (QED) is 0.791. The molecule has 19 heavy (non-hydrogen) atoms. The van der Waals surface area contributed by atoms with Crippen LogP contribution in [0.1, 0.15) is 25.8 Å². The van der Waals surface area contributed by atoms with Gasteiger partial charge in [0.1, 0.15) is 5.75 Å². The van der Waals surface area contributed by atoms with Crippen molar-refractivity contribution in [3.63, 3.8) is 0 Å². The number of aliphatic hydroxyl groups excluding tert-OH is 1. The number of hydrogen-bond acceptors (Lipinski definition) is 3. The number of ether oxygens (including phenoxy) is 1. The van der Waals surface area contributed by atoms with Crippen molar-refractivity contribution in [3.8, 4) is 5.75 Å². The molecule has 2 unspecified atom stereocenters. The molecule has 0 aliphatic rings. The summed E-state index contributed by atoms with van der Waals surface area (Å²) in [6, 6.07) is 7.70. The number of para-hydroxylation sites is 1. The summed E-state index contributed by atoms with van der Waals surface area (Å²) in [5.41, 5.74) is 1.06. The maximum absolute atomic E-state index is 11.7. The highest BCUT2D eigenvalue weighted by molar-refractivity contribution is 5.76. The van der Waals surface area contributed by atoms with Crippen LogP contribution >= 0.6 is 0 Å². The number of amides is 1. The summed E-state index contributed by atoms with van der Waals surface area (Å²) >= 11 is 0. The molecule has 0 saturated carbocycles. The number of hydrogen-bond donors (Lipinski definition) is 2. The molecule has 0 saturated heterocycles. The summed E-state index contributed by atoms with van der Waals surface area (Å²) in [7, 11) is 0. The minimum Gasteiger partial charge on any atom is -0.493 e. The van der Waals surface area contributed by atoms with E-state index in [-0.39, 0.29) is 24.5 Å². The average molecular weight is 265 g/mol. The zero-order valence-corrected chi connectivity index (χ0v) is 11.8. The molecular weight excluding hydrogens is 242 g/mol. The highest BCUT2D eigenvalue weighted by Gasteiger charge is 2.13. The van der Waals surface area contributed by atoms with Gasteiger partial charge in [0.2, 0.25) is 5.91 Å². The largest absolute Gasteiger partial charge is 0.493 e. The van der Waals surface area contributed by atoms with Crippen LogP contribution in [0.3, 0.4) is 0 Å². The lowest BCUT2D eigenvalue weighted by atomic mass is 10.1. The van der Waals surface area contributed by atoms with Crippen LogP contribution < -0.4 is 10.1 Å². The Morgan fingerprint density at radius 1 is 1.37 bits per heavy atom. The van der Waals surface area contributed by atoms with E-state index in [9.17, 15) is 4.79 Å². The van der Waals surface area contributed by atoms with Crippen LogP contribution in [0.15, 0.2) is 24.3 Å². The molecule has 4 heteroatoms. The van der Waals surface area contributed by atoms with E-state index in [0.29, 0.717) is 13.0 Å². The van der Waals surface area contributed by atoms with Gasteiger partial charge in [0.15, 0.2) is 0 Å². The van der Waals surface area contributed by atoms with Gasteiger partial charge in [-0.25, -0.2) is 0 Å². The lowest BCUT2D eigenvalue weighted by Crippen LogP contribution is -2.38. The third-order valence-corrected chi connectivity index (χ3v) is 3.21. The Hall–Kier alpha value is -1.55. The van der Waals surface area contributed by atoms with Gasteiger partial charge in [-0.15, -0.1) is 0 Å². The van der Waals surface area contributed by atoms with E-state index in [4.69, 9.17) is 9.84 Å². The summed E-state index contributed by atoms with van der Waals surface area (Å²) < 4.78 is 5.57. The molecule has 1 aromatic carbocycles. The second-order valence-corrected chi connectivity index (χ2v) is 4.88. The van der Waals surface area contributed by atoms with Crippen molar-refractivity contribution in [3.05, 3.63) is 29.8 Å². The minimum atomic E-state index is -0.0543. The van der Waals surface area contributed by atoms with Gasteiger partial charge in [0.25, 0.3) is 0 Å². The molecule has 0 fully saturated rings. The van der Waals surface area contributed by atoms with Crippen LogP contribution in [0.2, 0.25) is 0 Å². The molecule has 1 amide bonds. The van der Waals surface area contributed by atoms with Crippen LogP contribution in [0.4, 0.5) is 0 Å². The second-order valence-electron chi connectivity index (χ2n) is 4.88. The molecule has 0 aliphatic heterocycles. The first-order chi connectivity index (χ1) is 9.04. The number of benzene rings is 1. The topological polar surface area (TPSA) is 58.6 Å². The maximum Gasteiger partial charge on any atom is 0.223 e. The van der Waals surface area contributed by atoms with E-state index >= 15 is 0 Å². The minimum absolute atomic E-state index is 0.0315. The summed E-state index contributed by atoms with van der Waals surface area (Å²) in [4.78, 5) is 11.7. The van der Waals surface area contributed by atoms with E-state index < -0.39 is 0 Å². The predicted octanol–water partition coefficient (Wildman–Crippen LogP) is 1.90. The zero-order chi connectivity index (χ0) is 14.3. The summed E-state index contributed by atoms with van der Waals surface area (Å²) in [6.07, 6.45) is 0.316. The first-order valence-electron chi connectivity index (χ1n) is 6.63. The molecule has 0 heterocycles. The first-order valence-corrected chi connectivity index (χ1v) is 6.63. The van der Waals surface area contributed by atoms with Crippen molar-refractivity contribution in [2.45, 2.75) is 33.2 Å². The number of aliphatic hydroxyl groups is 1. The highest BCUT2D eigenvalue weighted by Crippen LogP contribution is 2.16. The summed E-state index contributed by atoms with van der Waals surface area (Å²) in [6.45, 7) is 6.19. The molecule has 1 rings (SSSR count). The SMILES string of the molecule is Cc1ccccc1OCCC(=O)NC(C)C(C)CO.